The first-order valence-corrected chi connectivity index (χ1v) is 48.0. The van der Waals surface area contributed by atoms with Gasteiger partial charge in [0.2, 0.25) is 0 Å². The summed E-state index contributed by atoms with van der Waals surface area (Å²) in [7, 11) is 0. The maximum atomic E-state index is 9.46. The highest BCUT2D eigenvalue weighted by Crippen LogP contribution is 2.54. The Morgan fingerprint density at radius 2 is 0.338 bits per heavy atom. The van der Waals surface area contributed by atoms with Crippen molar-refractivity contribution >= 4 is 206 Å². The molecule has 0 N–H and O–H groups in total. The van der Waals surface area contributed by atoms with Gasteiger partial charge in [0, 0.05) is 32.3 Å². The Bertz CT molecular complexity index is 12100. The van der Waals surface area contributed by atoms with E-state index in [4.69, 9.17) is 32.4 Å². The van der Waals surface area contributed by atoms with Gasteiger partial charge in [0.05, 0.1) is 32.9 Å². The molecule has 31 aromatic rings. The Balaban J connectivity index is 0.000000115. The molecule has 3 heteroatoms. The molecule has 672 valence electrons. The third kappa shape index (κ3) is 13.4. The Hall–Kier alpha value is -19.1. The maximum absolute atomic E-state index is 9.46. The molecular formula is C142H86O3. The van der Waals surface area contributed by atoms with E-state index >= 15 is 0 Å². The molecule has 0 atom stereocenters. The Labute approximate surface area is 868 Å². The molecule has 0 spiro atoms. The van der Waals surface area contributed by atoms with E-state index < -0.39 is 72.5 Å². The normalized spacial score (nSPS) is 14.2. The van der Waals surface area contributed by atoms with Crippen LogP contribution < -0.4 is 0 Å². The van der Waals surface area contributed by atoms with Crippen LogP contribution in [0, 0.1) is 0 Å². The summed E-state index contributed by atoms with van der Waals surface area (Å²) in [4.78, 5) is 0. The number of hydrogen-bond acceptors (Lipinski definition) is 3. The van der Waals surface area contributed by atoms with E-state index in [0.29, 0.717) is 72.4 Å². The largest absolute Gasteiger partial charge is 0.456 e. The lowest BCUT2D eigenvalue weighted by Crippen LogP contribution is -1.92. The van der Waals surface area contributed by atoms with Gasteiger partial charge in [0.1, 0.15) is 33.5 Å². The smallest absolute Gasteiger partial charge is 0.136 e. The number of benzene rings is 28. The standard InChI is InChI=1S/C50H30O.2C46H28O/c1-3-15-35-31(12-1)14-11-23-38(35)48-42-21-9-7-19-40(42)47(41-20-8-10-22-43(41)48)34-26-24-33(25-27-34)44-30-46-50(39-18-6-5-17-37(39)44)49-36-16-4-2-13-32(36)28-29-45(49)51-46;1-2-13-31(14-3-1)43-36-18-8-10-20-38(36)44(39-21-11-9-19-37(39)43)32-24-22-30(23-25-32)40-28-42-46(35-17-7-6-16-34(35)40)45-33-15-5-4-12-29(33)26-27-41(45)47-42;1-2-12-29(13-3-1)30-22-24-32(25-23-30)43-36-18-8-10-20-38(36)44(39-21-11-9-19-37(39)43)40-28-42-46(35-17-7-6-16-34(35)40)45-33-15-5-4-14-31(33)26-27-41(45)47-42/h1-30H;2*1-28H/i7D,8D,9D,10D,19D,20D,21D,22D;2*8D,9D,10D,11D,18D,19D,20D,21D. The van der Waals surface area contributed by atoms with Crippen LogP contribution in [0.25, 0.3) is 306 Å². The van der Waals surface area contributed by atoms with Crippen molar-refractivity contribution < 1.29 is 46.1 Å². The van der Waals surface area contributed by atoms with Gasteiger partial charge in [0.25, 0.3) is 0 Å². The molecule has 0 saturated heterocycles. The van der Waals surface area contributed by atoms with Gasteiger partial charge < -0.3 is 13.3 Å². The minimum atomic E-state index is -0.440. The predicted octanol–water partition coefficient (Wildman–Crippen LogP) is 40.8. The van der Waals surface area contributed by atoms with Crippen LogP contribution in [0.3, 0.4) is 0 Å². The second-order valence-electron chi connectivity index (χ2n) is 36.6. The average molecular weight is 1860 g/mol. The molecule has 0 radical (unpaired) electrons. The van der Waals surface area contributed by atoms with Crippen molar-refractivity contribution in [1.82, 2.24) is 0 Å². The molecule has 31 rings (SSSR count). The zero-order valence-corrected chi connectivity index (χ0v) is 77.0. The molecule has 3 nitrogen and oxygen atoms in total. The summed E-state index contributed by atoms with van der Waals surface area (Å²) in [5, 5.41) is 22.3. The summed E-state index contributed by atoms with van der Waals surface area (Å²) in [5.41, 5.74) is 15.2. The van der Waals surface area contributed by atoms with Gasteiger partial charge in [-0.1, -0.05) is 485 Å². The van der Waals surface area contributed by atoms with Gasteiger partial charge in [-0.15, -0.1) is 0 Å². The van der Waals surface area contributed by atoms with Crippen LogP contribution in [0.2, 0.25) is 0 Å². The number of hydrogen-bond donors (Lipinski definition) is 0. The lowest BCUT2D eigenvalue weighted by atomic mass is 9.84. The fourth-order valence-corrected chi connectivity index (χ4v) is 22.6. The quantitative estimate of drug-likeness (QED) is 0.135. The summed E-state index contributed by atoms with van der Waals surface area (Å²) in [6.07, 6.45) is 0. The fraction of sp³-hybridized carbons (Fsp3) is 0. The van der Waals surface area contributed by atoms with Crippen LogP contribution in [-0.4, -0.2) is 0 Å². The minimum Gasteiger partial charge on any atom is -0.456 e. The molecule has 0 aliphatic rings. The molecule has 3 aromatic heterocycles. The van der Waals surface area contributed by atoms with Crippen LogP contribution in [0.5, 0.6) is 0 Å². The SMILES string of the molecule is [2H]c1c([2H])c([2H])c2c(-c3cc4oc5ccc6ccccc6c5c4c4ccccc34)c3c([2H])c([2H])c([2H])c([2H])c3c(-c3ccc(-c4ccccc4)cc3)c2c1[2H].[2H]c1c([2H])c([2H])c2c(-c3ccc(-c4cc5oc6ccc7ccccc7c6c5c5ccccc45)cc3)c3c([2H])c([2H])c([2H])c([2H])c3c(-c3ccccc3)c2c1[2H].[2H]c1c([2H])c([2H])c2c(-c3cccc4ccccc34)c3c([2H])c([2H])c([2H])c([2H])c3c(-c3ccc(-c4cc5oc6ccc7ccccc7c6c5c5ccccc45)cc3)c2c1[2H]. The Kier molecular flexibility index (Phi) is 14.5. The van der Waals surface area contributed by atoms with Gasteiger partial charge >= 0.3 is 0 Å². The molecule has 0 aliphatic heterocycles. The summed E-state index contributed by atoms with van der Waals surface area (Å²) in [6, 6.07) is 113. The Morgan fingerprint density at radius 1 is 0.124 bits per heavy atom. The molecule has 0 fully saturated rings. The van der Waals surface area contributed by atoms with E-state index in [2.05, 4.69) is 84.9 Å². The van der Waals surface area contributed by atoms with Gasteiger partial charge in [-0.25, -0.2) is 0 Å². The van der Waals surface area contributed by atoms with Crippen molar-refractivity contribution in [2.24, 2.45) is 0 Å². The second-order valence-corrected chi connectivity index (χ2v) is 36.6. The van der Waals surface area contributed by atoms with Crippen LogP contribution in [0.4, 0.5) is 0 Å². The summed E-state index contributed by atoms with van der Waals surface area (Å²) < 4.78 is 237. The number of furan rings is 3. The van der Waals surface area contributed by atoms with E-state index in [9.17, 15) is 13.7 Å². The third-order valence-electron chi connectivity index (χ3n) is 28.9. The first kappa shape index (κ1) is 62.1. The van der Waals surface area contributed by atoms with Crippen LogP contribution in [0.1, 0.15) is 32.9 Å². The van der Waals surface area contributed by atoms with E-state index in [1.165, 1.54) is 0 Å². The zero-order chi connectivity index (χ0) is 116. The fourth-order valence-electron chi connectivity index (χ4n) is 22.6. The maximum Gasteiger partial charge on any atom is 0.136 e. The van der Waals surface area contributed by atoms with Crippen molar-refractivity contribution in [2.75, 3.05) is 0 Å². The second kappa shape index (κ2) is 33.9. The van der Waals surface area contributed by atoms with Gasteiger partial charge in [-0.2, -0.15) is 0 Å². The molecule has 3 heterocycles. The average Bonchev–Trinajstić information content (AvgIpc) is 1.66. The third-order valence-corrected chi connectivity index (χ3v) is 28.9. The van der Waals surface area contributed by atoms with E-state index in [0.717, 1.165) is 163 Å². The lowest BCUT2D eigenvalue weighted by Gasteiger charge is -2.19. The topological polar surface area (TPSA) is 39.4 Å². The molecule has 0 bridgehead atoms. The first-order valence-electron chi connectivity index (χ1n) is 60.0. The minimum absolute atomic E-state index is 0.164. The summed E-state index contributed by atoms with van der Waals surface area (Å²) in [5.74, 6) is 0. The van der Waals surface area contributed by atoms with Crippen LogP contribution in [-0.2, 0) is 0 Å². The monoisotopic (exact) mass is 1860 g/mol. The molecular weight excluding hydrogens is 1750 g/mol. The Morgan fingerprint density at radius 3 is 0.669 bits per heavy atom. The van der Waals surface area contributed by atoms with Crippen molar-refractivity contribution in [2.45, 2.75) is 0 Å². The summed E-state index contributed by atoms with van der Waals surface area (Å²) in [6.45, 7) is 0. The lowest BCUT2D eigenvalue weighted by molar-refractivity contribution is 0.669. The predicted molar refractivity (Wildman–Crippen MR) is 618 cm³/mol. The molecule has 0 saturated carbocycles. The van der Waals surface area contributed by atoms with E-state index in [-0.39, 0.29) is 143 Å². The molecule has 0 unspecified atom stereocenters. The van der Waals surface area contributed by atoms with E-state index in [1.54, 1.807) is 24.3 Å². The van der Waals surface area contributed by atoms with Crippen molar-refractivity contribution in [3.05, 3.63) is 521 Å². The molecule has 145 heavy (non-hydrogen) atoms. The highest BCUT2D eigenvalue weighted by molar-refractivity contribution is 6.34. The first-order chi connectivity index (χ1) is 81.9. The van der Waals surface area contributed by atoms with Crippen molar-refractivity contribution in [3.8, 4) is 100 Å². The van der Waals surface area contributed by atoms with Crippen molar-refractivity contribution in [3.63, 3.8) is 0 Å². The summed E-state index contributed by atoms with van der Waals surface area (Å²) >= 11 is 0. The van der Waals surface area contributed by atoms with Gasteiger partial charge in [-0.3, -0.25) is 0 Å². The zero-order valence-electron chi connectivity index (χ0n) is 101. The highest BCUT2D eigenvalue weighted by atomic mass is 16.3. The number of rotatable bonds is 9. The van der Waals surface area contributed by atoms with Gasteiger partial charge in [0.15, 0.2) is 0 Å². The molecule has 0 amide bonds. The molecule has 28 aromatic carbocycles. The van der Waals surface area contributed by atoms with Gasteiger partial charge in [-0.05, 0) is 277 Å². The molecule has 0 aliphatic carbocycles. The van der Waals surface area contributed by atoms with Crippen molar-refractivity contribution in [1.29, 1.82) is 0 Å². The van der Waals surface area contributed by atoms with Crippen LogP contribution >= 0.6 is 0 Å². The highest BCUT2D eigenvalue weighted by Gasteiger charge is 2.27. The van der Waals surface area contributed by atoms with Crippen LogP contribution in [0.15, 0.2) is 534 Å². The van der Waals surface area contributed by atoms with E-state index in [1.807, 2.05) is 267 Å². The number of fused-ring (bicyclic) bond motifs is 28.